The zero-order valence-electron chi connectivity index (χ0n) is 19.2. The number of methoxy groups -OCH3 is 1. The van der Waals surface area contributed by atoms with Gasteiger partial charge in [-0.05, 0) is 61.2 Å². The molecule has 1 atom stereocenters. The molecule has 0 radical (unpaired) electrons. The second-order valence-corrected chi connectivity index (χ2v) is 7.94. The van der Waals surface area contributed by atoms with Crippen molar-refractivity contribution >= 4 is 17.4 Å². The first-order valence-corrected chi connectivity index (χ1v) is 11.1. The van der Waals surface area contributed by atoms with Gasteiger partial charge in [-0.1, -0.05) is 32.4 Å². The number of benzene rings is 2. The van der Waals surface area contributed by atoms with E-state index in [9.17, 15) is 14.7 Å². The van der Waals surface area contributed by atoms with Crippen molar-refractivity contribution in [2.24, 2.45) is 0 Å². The highest BCUT2D eigenvalue weighted by atomic mass is 16.5. The molecule has 3 rings (SSSR count). The Morgan fingerprint density at radius 2 is 1.72 bits per heavy atom. The predicted octanol–water partition coefficient (Wildman–Crippen LogP) is 5.01. The molecule has 32 heavy (non-hydrogen) atoms. The fourth-order valence-corrected chi connectivity index (χ4v) is 3.95. The van der Waals surface area contributed by atoms with Gasteiger partial charge in [0.2, 0.25) is 0 Å². The number of aliphatic hydroxyl groups is 1. The van der Waals surface area contributed by atoms with E-state index in [0.717, 1.165) is 29.7 Å². The number of hydrogen-bond donors (Lipinski definition) is 1. The van der Waals surface area contributed by atoms with Crippen molar-refractivity contribution in [2.75, 3.05) is 20.3 Å². The summed E-state index contributed by atoms with van der Waals surface area (Å²) in [6.45, 7) is 6.95. The SMILES string of the molecule is CCCCOc1ccc(C2/C(=C(/O)c3ccc(OC)cc3C)C(=O)C(=O)N2CCC)cc1. The van der Waals surface area contributed by atoms with E-state index in [4.69, 9.17) is 9.47 Å². The van der Waals surface area contributed by atoms with Crippen LogP contribution in [0.15, 0.2) is 48.0 Å². The van der Waals surface area contributed by atoms with Gasteiger partial charge in [-0.2, -0.15) is 0 Å². The molecule has 170 valence electrons. The van der Waals surface area contributed by atoms with E-state index in [1.54, 1.807) is 30.2 Å². The summed E-state index contributed by atoms with van der Waals surface area (Å²) in [5.74, 6) is -0.0380. The highest BCUT2D eigenvalue weighted by molar-refractivity contribution is 6.46. The molecule has 0 bridgehead atoms. The standard InChI is InChI=1S/C26H31NO5/c1-5-7-15-32-19-10-8-18(9-11-19)23-22(25(29)26(30)27(23)14-6-2)24(28)21-13-12-20(31-4)16-17(21)3/h8-13,16,23,28H,5-7,14-15H2,1-4H3/b24-22-. The fraction of sp³-hybridized carbons (Fsp3) is 0.385. The summed E-state index contributed by atoms with van der Waals surface area (Å²) in [7, 11) is 1.57. The summed E-state index contributed by atoms with van der Waals surface area (Å²) in [6, 6.07) is 12.0. The van der Waals surface area contributed by atoms with Crippen LogP contribution < -0.4 is 9.47 Å². The first kappa shape index (κ1) is 23.4. The minimum absolute atomic E-state index is 0.108. The highest BCUT2D eigenvalue weighted by Gasteiger charge is 2.45. The average molecular weight is 438 g/mol. The summed E-state index contributed by atoms with van der Waals surface area (Å²) < 4.78 is 11.0. The molecule has 1 saturated heterocycles. The Balaban J connectivity index is 2.06. The largest absolute Gasteiger partial charge is 0.507 e. The Labute approximate surface area is 189 Å². The van der Waals surface area contributed by atoms with Gasteiger partial charge in [-0.15, -0.1) is 0 Å². The van der Waals surface area contributed by atoms with Gasteiger partial charge in [-0.3, -0.25) is 9.59 Å². The fourth-order valence-electron chi connectivity index (χ4n) is 3.95. The van der Waals surface area contributed by atoms with E-state index in [1.807, 2.05) is 38.1 Å². The third kappa shape index (κ3) is 4.64. The van der Waals surface area contributed by atoms with Gasteiger partial charge in [0, 0.05) is 12.1 Å². The maximum atomic E-state index is 13.0. The minimum Gasteiger partial charge on any atom is -0.507 e. The lowest BCUT2D eigenvalue weighted by molar-refractivity contribution is -0.139. The average Bonchev–Trinajstić information content (AvgIpc) is 3.04. The van der Waals surface area contributed by atoms with Gasteiger partial charge >= 0.3 is 0 Å². The van der Waals surface area contributed by atoms with E-state index >= 15 is 0 Å². The van der Waals surface area contributed by atoms with Crippen molar-refractivity contribution in [1.29, 1.82) is 0 Å². The van der Waals surface area contributed by atoms with Crippen LogP contribution in [0.5, 0.6) is 11.5 Å². The number of carbonyl (C=O) groups excluding carboxylic acids is 2. The highest BCUT2D eigenvalue weighted by Crippen LogP contribution is 2.40. The molecular formula is C26H31NO5. The van der Waals surface area contributed by atoms with Crippen LogP contribution in [0.1, 0.15) is 55.8 Å². The maximum absolute atomic E-state index is 13.0. The molecule has 1 unspecified atom stereocenters. The van der Waals surface area contributed by atoms with Crippen molar-refractivity contribution in [3.05, 3.63) is 64.7 Å². The van der Waals surface area contributed by atoms with Crippen molar-refractivity contribution in [2.45, 2.75) is 46.1 Å². The van der Waals surface area contributed by atoms with Crippen molar-refractivity contribution < 1.29 is 24.2 Å². The second-order valence-electron chi connectivity index (χ2n) is 7.94. The lowest BCUT2D eigenvalue weighted by Gasteiger charge is -2.25. The van der Waals surface area contributed by atoms with E-state index in [1.165, 1.54) is 0 Å². The first-order chi connectivity index (χ1) is 15.4. The Morgan fingerprint density at radius 1 is 1.03 bits per heavy atom. The van der Waals surface area contributed by atoms with Crippen molar-refractivity contribution in [3.8, 4) is 11.5 Å². The maximum Gasteiger partial charge on any atom is 0.295 e. The lowest BCUT2D eigenvalue weighted by Crippen LogP contribution is -2.30. The van der Waals surface area contributed by atoms with E-state index in [0.29, 0.717) is 30.9 Å². The van der Waals surface area contributed by atoms with E-state index in [2.05, 4.69) is 6.92 Å². The van der Waals surface area contributed by atoms with Crippen LogP contribution in [0.25, 0.3) is 5.76 Å². The van der Waals surface area contributed by atoms with Crippen molar-refractivity contribution in [3.63, 3.8) is 0 Å². The van der Waals surface area contributed by atoms with E-state index < -0.39 is 17.7 Å². The van der Waals surface area contributed by atoms with Crippen LogP contribution >= 0.6 is 0 Å². The molecule has 2 aromatic rings. The summed E-state index contributed by atoms with van der Waals surface area (Å²) in [4.78, 5) is 27.4. The quantitative estimate of drug-likeness (QED) is 0.258. The van der Waals surface area contributed by atoms with Gasteiger partial charge in [0.05, 0.1) is 25.3 Å². The third-order valence-electron chi connectivity index (χ3n) is 5.66. The summed E-state index contributed by atoms with van der Waals surface area (Å²) in [6.07, 6.45) is 2.72. The van der Waals surface area contributed by atoms with E-state index in [-0.39, 0.29) is 11.3 Å². The van der Waals surface area contributed by atoms with Gasteiger partial charge in [0.15, 0.2) is 0 Å². The zero-order valence-corrected chi connectivity index (χ0v) is 19.2. The summed E-state index contributed by atoms with van der Waals surface area (Å²) >= 11 is 0. The number of ketones is 1. The number of Topliss-reactive ketones (excluding diaryl/α,β-unsaturated/α-hetero) is 1. The number of ether oxygens (including phenoxy) is 2. The number of nitrogens with zero attached hydrogens (tertiary/aromatic N) is 1. The van der Waals surface area contributed by atoms with Crippen LogP contribution in [0, 0.1) is 6.92 Å². The molecule has 1 N–H and O–H groups in total. The van der Waals surface area contributed by atoms with Gasteiger partial charge < -0.3 is 19.5 Å². The second kappa shape index (κ2) is 10.4. The smallest absolute Gasteiger partial charge is 0.295 e. The van der Waals surface area contributed by atoms with Gasteiger partial charge in [0.25, 0.3) is 11.7 Å². The number of amides is 1. The molecular weight excluding hydrogens is 406 g/mol. The Hall–Kier alpha value is -3.28. The van der Waals surface area contributed by atoms with Crippen LogP contribution in [-0.2, 0) is 9.59 Å². The molecule has 1 aliphatic rings. The minimum atomic E-state index is -0.667. The van der Waals surface area contributed by atoms with Gasteiger partial charge in [0.1, 0.15) is 17.3 Å². The molecule has 0 spiro atoms. The molecule has 1 heterocycles. The number of rotatable bonds is 9. The molecule has 1 fully saturated rings. The monoisotopic (exact) mass is 437 g/mol. The molecule has 0 aromatic heterocycles. The number of hydrogen-bond acceptors (Lipinski definition) is 5. The van der Waals surface area contributed by atoms with Crippen molar-refractivity contribution in [1.82, 2.24) is 4.90 Å². The van der Waals surface area contributed by atoms with Crippen LogP contribution in [0.3, 0.4) is 0 Å². The molecule has 0 aliphatic carbocycles. The molecule has 0 saturated carbocycles. The number of aliphatic hydroxyl groups excluding tert-OH is 1. The van der Waals surface area contributed by atoms with Crippen LogP contribution in [0.4, 0.5) is 0 Å². The normalized spacial score (nSPS) is 17.6. The summed E-state index contributed by atoms with van der Waals surface area (Å²) in [5.41, 5.74) is 2.12. The number of carbonyl (C=O) groups is 2. The first-order valence-electron chi connectivity index (χ1n) is 11.1. The zero-order chi connectivity index (χ0) is 23.3. The Kier molecular flexibility index (Phi) is 7.57. The molecule has 1 amide bonds. The van der Waals surface area contributed by atoms with Crippen LogP contribution in [-0.4, -0.2) is 42.0 Å². The molecule has 1 aliphatic heterocycles. The summed E-state index contributed by atoms with van der Waals surface area (Å²) in [5, 5.41) is 11.2. The Bertz CT molecular complexity index is 1010. The third-order valence-corrected chi connectivity index (χ3v) is 5.66. The van der Waals surface area contributed by atoms with Gasteiger partial charge in [-0.25, -0.2) is 0 Å². The number of aryl methyl sites for hydroxylation is 1. The topological polar surface area (TPSA) is 76.1 Å². The molecule has 6 nitrogen and oxygen atoms in total. The number of unbranched alkanes of at least 4 members (excludes halogenated alkanes) is 1. The number of likely N-dealkylation sites (tertiary alicyclic amines) is 1. The Morgan fingerprint density at radius 3 is 2.31 bits per heavy atom. The molecule has 2 aromatic carbocycles. The molecule has 6 heteroatoms. The predicted molar refractivity (Wildman–Crippen MR) is 124 cm³/mol. The van der Waals surface area contributed by atoms with Crippen LogP contribution in [0.2, 0.25) is 0 Å². The lowest BCUT2D eigenvalue weighted by atomic mass is 9.94.